The van der Waals surface area contributed by atoms with Crippen molar-refractivity contribution < 1.29 is 13.2 Å². The molecule has 0 spiro atoms. The van der Waals surface area contributed by atoms with E-state index in [1.807, 2.05) is 39.5 Å². The van der Waals surface area contributed by atoms with Crippen LogP contribution >= 0.6 is 0 Å². The van der Waals surface area contributed by atoms with Crippen molar-refractivity contribution in [2.75, 3.05) is 19.6 Å². The molecule has 6 heteroatoms. The summed E-state index contributed by atoms with van der Waals surface area (Å²) >= 11 is 0. The molecule has 5 nitrogen and oxygen atoms in total. The van der Waals surface area contributed by atoms with Crippen LogP contribution in [0.4, 0.5) is 0 Å². The molecule has 0 aliphatic heterocycles. The third kappa shape index (κ3) is 5.30. The second kappa shape index (κ2) is 10.1. The van der Waals surface area contributed by atoms with Crippen LogP contribution in [0.1, 0.15) is 69.8 Å². The molecule has 0 heterocycles. The Balaban J connectivity index is 3.25. The Kier molecular flexibility index (Phi) is 8.77. The minimum absolute atomic E-state index is 0.0711. The minimum Gasteiger partial charge on any atom is -0.336 e. The molecule has 1 aromatic carbocycles. The van der Waals surface area contributed by atoms with E-state index in [1.54, 1.807) is 18.2 Å². The summed E-state index contributed by atoms with van der Waals surface area (Å²) in [5.74, 6) is -0.0924. The Morgan fingerprint density at radius 3 is 2.19 bits per heavy atom. The number of hydrogen-bond acceptors (Lipinski definition) is 3. The summed E-state index contributed by atoms with van der Waals surface area (Å²) in [6.45, 7) is 13.1. The lowest BCUT2D eigenvalue weighted by Crippen LogP contribution is -2.38. The maximum absolute atomic E-state index is 13.1. The number of carbonyl (C=O) groups excluding carboxylic acids is 1. The van der Waals surface area contributed by atoms with E-state index >= 15 is 0 Å². The highest BCUT2D eigenvalue weighted by Gasteiger charge is 2.25. The van der Waals surface area contributed by atoms with Gasteiger partial charge in [0.15, 0.2) is 0 Å². The van der Waals surface area contributed by atoms with Crippen molar-refractivity contribution in [2.24, 2.45) is 0 Å². The summed E-state index contributed by atoms with van der Waals surface area (Å²) in [5, 5.41) is 0. The monoisotopic (exact) mass is 382 g/mol. The predicted octanol–water partition coefficient (Wildman–Crippen LogP) is 4.07. The van der Waals surface area contributed by atoms with Gasteiger partial charge in [0, 0.05) is 31.2 Å². The lowest BCUT2D eigenvalue weighted by Gasteiger charge is -2.28. The fourth-order valence-corrected chi connectivity index (χ4v) is 4.47. The second-order valence-electron chi connectivity index (χ2n) is 6.87. The van der Waals surface area contributed by atoms with E-state index in [0.29, 0.717) is 25.2 Å². The molecule has 0 atom stereocenters. The van der Waals surface area contributed by atoms with Crippen LogP contribution in [0.3, 0.4) is 0 Å². The molecular weight excluding hydrogens is 348 g/mol. The van der Waals surface area contributed by atoms with Gasteiger partial charge in [-0.1, -0.05) is 39.7 Å². The highest BCUT2D eigenvalue weighted by atomic mass is 32.2. The van der Waals surface area contributed by atoms with Crippen LogP contribution < -0.4 is 0 Å². The number of carbonyl (C=O) groups is 1. The van der Waals surface area contributed by atoms with Crippen LogP contribution in [0.2, 0.25) is 0 Å². The smallest absolute Gasteiger partial charge is 0.254 e. The summed E-state index contributed by atoms with van der Waals surface area (Å²) in [5.41, 5.74) is 1.28. The topological polar surface area (TPSA) is 57.7 Å². The fraction of sp³-hybridized carbons (Fsp3) is 0.650. The van der Waals surface area contributed by atoms with Crippen LogP contribution in [0.25, 0.3) is 0 Å². The van der Waals surface area contributed by atoms with Crippen LogP contribution in [0.15, 0.2) is 23.1 Å². The maximum atomic E-state index is 13.1. The molecule has 0 aliphatic rings. The molecule has 0 fully saturated rings. The standard InChI is InChI=1S/C20H34N2O3S/c1-7-10-11-14-22(16(4)5)20(23)19-15-18(13-12-17(19)6)26(24,25)21(8-2)9-3/h12-13,15-16H,7-11,14H2,1-6H3. The van der Waals surface area contributed by atoms with Gasteiger partial charge in [0.05, 0.1) is 4.90 Å². The molecule has 0 N–H and O–H groups in total. The lowest BCUT2D eigenvalue weighted by molar-refractivity contribution is 0.0701. The number of amides is 1. The molecule has 0 radical (unpaired) electrons. The first kappa shape index (κ1) is 22.6. The summed E-state index contributed by atoms with van der Waals surface area (Å²) in [4.78, 5) is 15.1. The Bertz CT molecular complexity index is 695. The zero-order valence-electron chi connectivity index (χ0n) is 17.1. The third-order valence-corrected chi connectivity index (χ3v) is 6.72. The van der Waals surface area contributed by atoms with Crippen molar-refractivity contribution in [2.45, 2.75) is 71.7 Å². The molecule has 0 unspecified atom stereocenters. The molecule has 0 saturated heterocycles. The normalized spacial score (nSPS) is 12.0. The lowest BCUT2D eigenvalue weighted by atomic mass is 10.1. The molecule has 1 aromatic rings. The maximum Gasteiger partial charge on any atom is 0.254 e. The largest absolute Gasteiger partial charge is 0.336 e. The number of sulfonamides is 1. The number of rotatable bonds is 10. The molecule has 26 heavy (non-hydrogen) atoms. The highest BCUT2D eigenvalue weighted by Crippen LogP contribution is 2.22. The van der Waals surface area contributed by atoms with Crippen LogP contribution in [-0.4, -0.2) is 49.2 Å². The zero-order chi connectivity index (χ0) is 19.9. The van der Waals surface area contributed by atoms with E-state index in [4.69, 9.17) is 0 Å². The summed E-state index contributed by atoms with van der Waals surface area (Å²) in [6, 6.07) is 4.94. The van der Waals surface area contributed by atoms with Crippen molar-refractivity contribution in [3.8, 4) is 0 Å². The quantitative estimate of drug-likeness (QED) is 0.573. The number of hydrogen-bond donors (Lipinski definition) is 0. The van der Waals surface area contributed by atoms with Gasteiger partial charge in [-0.05, 0) is 44.9 Å². The van der Waals surface area contributed by atoms with E-state index in [9.17, 15) is 13.2 Å². The number of aryl methyl sites for hydroxylation is 1. The Labute approximate surface area is 159 Å². The van der Waals surface area contributed by atoms with Crippen LogP contribution in [0.5, 0.6) is 0 Å². The van der Waals surface area contributed by atoms with Gasteiger partial charge in [-0.2, -0.15) is 4.31 Å². The van der Waals surface area contributed by atoms with Crippen LogP contribution in [-0.2, 0) is 10.0 Å². The van der Waals surface area contributed by atoms with E-state index in [0.717, 1.165) is 24.8 Å². The molecule has 1 rings (SSSR count). The molecule has 0 aliphatic carbocycles. The van der Waals surface area contributed by atoms with Gasteiger partial charge in [0.1, 0.15) is 0 Å². The summed E-state index contributed by atoms with van der Waals surface area (Å²) < 4.78 is 27.0. The second-order valence-corrected chi connectivity index (χ2v) is 8.80. The van der Waals surface area contributed by atoms with Crippen molar-refractivity contribution in [3.05, 3.63) is 29.3 Å². The summed E-state index contributed by atoms with van der Waals surface area (Å²) in [7, 11) is -3.58. The molecule has 148 valence electrons. The van der Waals surface area contributed by atoms with E-state index in [1.165, 1.54) is 4.31 Å². The first-order valence-electron chi connectivity index (χ1n) is 9.62. The summed E-state index contributed by atoms with van der Waals surface area (Å²) in [6.07, 6.45) is 3.12. The number of unbranched alkanes of at least 4 members (excludes halogenated alkanes) is 2. The third-order valence-electron chi connectivity index (χ3n) is 4.67. The van der Waals surface area contributed by atoms with Gasteiger partial charge in [0.25, 0.3) is 5.91 Å². The van der Waals surface area contributed by atoms with E-state index in [-0.39, 0.29) is 16.8 Å². The number of benzene rings is 1. The van der Waals surface area contributed by atoms with Crippen molar-refractivity contribution in [1.82, 2.24) is 9.21 Å². The Morgan fingerprint density at radius 2 is 1.69 bits per heavy atom. The average molecular weight is 383 g/mol. The predicted molar refractivity (Wildman–Crippen MR) is 107 cm³/mol. The van der Waals surface area contributed by atoms with Crippen LogP contribution in [0, 0.1) is 6.92 Å². The Hall–Kier alpha value is -1.40. The minimum atomic E-state index is -3.58. The molecule has 1 amide bonds. The fourth-order valence-electron chi connectivity index (χ4n) is 2.99. The van der Waals surface area contributed by atoms with E-state index < -0.39 is 10.0 Å². The molecule has 0 aromatic heterocycles. The highest BCUT2D eigenvalue weighted by molar-refractivity contribution is 7.89. The zero-order valence-corrected chi connectivity index (χ0v) is 17.9. The van der Waals surface area contributed by atoms with Gasteiger partial charge < -0.3 is 4.90 Å². The number of nitrogens with zero attached hydrogens (tertiary/aromatic N) is 2. The first-order chi connectivity index (χ1) is 12.2. The van der Waals surface area contributed by atoms with Crippen molar-refractivity contribution in [3.63, 3.8) is 0 Å². The Morgan fingerprint density at radius 1 is 1.08 bits per heavy atom. The van der Waals surface area contributed by atoms with Crippen molar-refractivity contribution >= 4 is 15.9 Å². The van der Waals surface area contributed by atoms with Gasteiger partial charge in [-0.3, -0.25) is 4.79 Å². The molecular formula is C20H34N2O3S. The van der Waals surface area contributed by atoms with Crippen molar-refractivity contribution in [1.29, 1.82) is 0 Å². The first-order valence-corrected chi connectivity index (χ1v) is 11.1. The van der Waals surface area contributed by atoms with Gasteiger partial charge >= 0.3 is 0 Å². The molecule has 0 saturated carbocycles. The SMILES string of the molecule is CCCCCN(C(=O)c1cc(S(=O)(=O)N(CC)CC)ccc1C)C(C)C. The van der Waals surface area contributed by atoms with Gasteiger partial charge in [-0.15, -0.1) is 0 Å². The average Bonchev–Trinajstić information content (AvgIpc) is 2.59. The van der Waals surface area contributed by atoms with Gasteiger partial charge in [0.2, 0.25) is 10.0 Å². The van der Waals surface area contributed by atoms with E-state index in [2.05, 4.69) is 6.92 Å². The molecule has 0 bridgehead atoms. The van der Waals surface area contributed by atoms with Gasteiger partial charge in [-0.25, -0.2) is 8.42 Å².